The van der Waals surface area contributed by atoms with Crippen molar-refractivity contribution >= 4 is 5.69 Å². The molecule has 1 aromatic rings. The summed E-state index contributed by atoms with van der Waals surface area (Å²) in [5, 5.41) is 3.49. The Morgan fingerprint density at radius 2 is 1.90 bits per heavy atom. The quantitative estimate of drug-likeness (QED) is 0.873. The van der Waals surface area contributed by atoms with Gasteiger partial charge in [0.25, 0.3) is 0 Å². The Hall–Kier alpha value is -1.02. The van der Waals surface area contributed by atoms with Crippen LogP contribution in [-0.2, 0) is 6.54 Å². The standard InChI is InChI=1S/C18H28N2/c1-2-19-14-16-10-5-6-11-18(16)20-13-7-12-17(20)15-8-3-4-9-15/h5-6,10-11,15,17,19H,2-4,7-9,12-14H2,1H3. The van der Waals surface area contributed by atoms with Crippen molar-refractivity contribution in [2.45, 2.75) is 58.0 Å². The van der Waals surface area contributed by atoms with Gasteiger partial charge in [-0.3, -0.25) is 0 Å². The third-order valence-corrected chi connectivity index (χ3v) is 5.11. The van der Waals surface area contributed by atoms with E-state index in [1.54, 1.807) is 0 Å². The van der Waals surface area contributed by atoms with Gasteiger partial charge in [-0.05, 0) is 49.8 Å². The summed E-state index contributed by atoms with van der Waals surface area (Å²) in [4.78, 5) is 2.72. The van der Waals surface area contributed by atoms with E-state index in [0.29, 0.717) is 0 Å². The normalized spacial score (nSPS) is 23.6. The maximum absolute atomic E-state index is 3.49. The average Bonchev–Trinajstić information content (AvgIpc) is 3.15. The second kappa shape index (κ2) is 6.62. The van der Waals surface area contributed by atoms with Crippen LogP contribution in [0.15, 0.2) is 24.3 Å². The van der Waals surface area contributed by atoms with Crippen molar-refractivity contribution in [1.29, 1.82) is 0 Å². The largest absolute Gasteiger partial charge is 0.368 e. The van der Waals surface area contributed by atoms with E-state index in [0.717, 1.165) is 25.0 Å². The molecule has 1 heterocycles. The molecule has 1 unspecified atom stereocenters. The highest BCUT2D eigenvalue weighted by atomic mass is 15.2. The molecule has 1 saturated carbocycles. The highest BCUT2D eigenvalue weighted by Gasteiger charge is 2.33. The number of nitrogens with one attached hydrogen (secondary N) is 1. The predicted octanol–water partition coefficient (Wildman–Crippen LogP) is 3.96. The number of hydrogen-bond acceptors (Lipinski definition) is 2. The summed E-state index contributed by atoms with van der Waals surface area (Å²) < 4.78 is 0. The van der Waals surface area contributed by atoms with Crippen LogP contribution in [0.4, 0.5) is 5.69 Å². The molecule has 3 rings (SSSR count). The van der Waals surface area contributed by atoms with Crippen molar-refractivity contribution in [3.8, 4) is 0 Å². The molecule has 1 aromatic carbocycles. The summed E-state index contributed by atoms with van der Waals surface area (Å²) in [5.74, 6) is 0.949. The Kier molecular flexibility index (Phi) is 4.62. The van der Waals surface area contributed by atoms with Gasteiger partial charge in [-0.15, -0.1) is 0 Å². The SMILES string of the molecule is CCNCc1ccccc1N1CCCC1C1CCCC1. The molecular weight excluding hydrogens is 244 g/mol. The van der Waals surface area contributed by atoms with Gasteiger partial charge in [0.15, 0.2) is 0 Å². The molecule has 1 saturated heterocycles. The first-order valence-electron chi connectivity index (χ1n) is 8.45. The van der Waals surface area contributed by atoms with Crippen LogP contribution in [0, 0.1) is 5.92 Å². The minimum absolute atomic E-state index is 0.806. The summed E-state index contributed by atoms with van der Waals surface area (Å²) in [6.45, 7) is 5.48. The van der Waals surface area contributed by atoms with Crippen molar-refractivity contribution < 1.29 is 0 Å². The molecule has 1 N–H and O–H groups in total. The van der Waals surface area contributed by atoms with Crippen molar-refractivity contribution in [2.24, 2.45) is 5.92 Å². The second-order valence-electron chi connectivity index (χ2n) is 6.36. The fourth-order valence-electron chi connectivity index (χ4n) is 4.12. The summed E-state index contributed by atoms with van der Waals surface area (Å²) in [6.07, 6.45) is 8.59. The molecule has 2 nitrogen and oxygen atoms in total. The van der Waals surface area contributed by atoms with Crippen molar-refractivity contribution in [1.82, 2.24) is 5.32 Å². The van der Waals surface area contributed by atoms with Gasteiger partial charge >= 0.3 is 0 Å². The lowest BCUT2D eigenvalue weighted by molar-refractivity contribution is 0.430. The molecule has 2 fully saturated rings. The summed E-state index contributed by atoms with van der Waals surface area (Å²) in [5.41, 5.74) is 2.96. The van der Waals surface area contributed by atoms with Gasteiger partial charge < -0.3 is 10.2 Å². The Morgan fingerprint density at radius 3 is 2.70 bits per heavy atom. The monoisotopic (exact) mass is 272 g/mol. The number of anilines is 1. The molecule has 0 spiro atoms. The topological polar surface area (TPSA) is 15.3 Å². The van der Waals surface area contributed by atoms with E-state index in [1.807, 2.05) is 0 Å². The lowest BCUT2D eigenvalue weighted by atomic mass is 9.95. The fourth-order valence-corrected chi connectivity index (χ4v) is 4.12. The minimum atomic E-state index is 0.806. The van der Waals surface area contributed by atoms with Crippen LogP contribution in [0.1, 0.15) is 51.0 Å². The number of nitrogens with zero attached hydrogens (tertiary/aromatic N) is 1. The molecule has 0 radical (unpaired) electrons. The van der Waals surface area contributed by atoms with Gasteiger partial charge in [-0.25, -0.2) is 0 Å². The number of para-hydroxylation sites is 1. The third-order valence-electron chi connectivity index (χ3n) is 5.11. The summed E-state index contributed by atoms with van der Waals surface area (Å²) >= 11 is 0. The zero-order valence-electron chi connectivity index (χ0n) is 12.8. The summed E-state index contributed by atoms with van der Waals surface area (Å²) in [6, 6.07) is 9.81. The lowest BCUT2D eigenvalue weighted by Gasteiger charge is -2.33. The van der Waals surface area contributed by atoms with Crippen molar-refractivity contribution in [3.05, 3.63) is 29.8 Å². The maximum atomic E-state index is 3.49. The van der Waals surface area contributed by atoms with Gasteiger partial charge in [0.2, 0.25) is 0 Å². The number of rotatable bonds is 5. The minimum Gasteiger partial charge on any atom is -0.368 e. The van der Waals surface area contributed by atoms with E-state index < -0.39 is 0 Å². The van der Waals surface area contributed by atoms with E-state index in [4.69, 9.17) is 0 Å². The van der Waals surface area contributed by atoms with E-state index in [9.17, 15) is 0 Å². The second-order valence-corrected chi connectivity index (χ2v) is 6.36. The van der Waals surface area contributed by atoms with Crippen molar-refractivity contribution in [3.63, 3.8) is 0 Å². The molecule has 2 heteroatoms. The third kappa shape index (κ3) is 2.85. The first-order chi connectivity index (χ1) is 9.90. The fraction of sp³-hybridized carbons (Fsp3) is 0.667. The zero-order chi connectivity index (χ0) is 13.8. The Balaban J connectivity index is 1.79. The molecule has 0 amide bonds. The van der Waals surface area contributed by atoms with Crippen molar-refractivity contribution in [2.75, 3.05) is 18.0 Å². The van der Waals surface area contributed by atoms with Gasteiger partial charge in [0, 0.05) is 24.8 Å². The molecule has 110 valence electrons. The Bertz CT molecular complexity index is 423. The molecule has 2 aliphatic rings. The van der Waals surface area contributed by atoms with Crippen LogP contribution in [0.3, 0.4) is 0 Å². The van der Waals surface area contributed by atoms with E-state index in [-0.39, 0.29) is 0 Å². The molecular formula is C18H28N2. The number of benzene rings is 1. The van der Waals surface area contributed by atoms with Crippen LogP contribution in [0.25, 0.3) is 0 Å². The molecule has 1 aliphatic carbocycles. The Labute approximate surface area is 123 Å². The first kappa shape index (κ1) is 13.9. The van der Waals surface area contributed by atoms with Gasteiger partial charge in [-0.1, -0.05) is 38.0 Å². The van der Waals surface area contributed by atoms with Crippen LogP contribution in [0.5, 0.6) is 0 Å². The molecule has 1 atom stereocenters. The van der Waals surface area contributed by atoms with E-state index >= 15 is 0 Å². The van der Waals surface area contributed by atoms with Gasteiger partial charge in [0.05, 0.1) is 0 Å². The van der Waals surface area contributed by atoms with Crippen LogP contribution in [0.2, 0.25) is 0 Å². The number of hydrogen-bond donors (Lipinski definition) is 1. The zero-order valence-corrected chi connectivity index (χ0v) is 12.8. The van der Waals surface area contributed by atoms with Crippen LogP contribution >= 0.6 is 0 Å². The molecule has 0 bridgehead atoms. The van der Waals surface area contributed by atoms with Crippen LogP contribution < -0.4 is 10.2 Å². The molecule has 20 heavy (non-hydrogen) atoms. The predicted molar refractivity (Wildman–Crippen MR) is 86.1 cm³/mol. The Morgan fingerprint density at radius 1 is 1.10 bits per heavy atom. The first-order valence-corrected chi connectivity index (χ1v) is 8.45. The van der Waals surface area contributed by atoms with Crippen LogP contribution in [-0.4, -0.2) is 19.1 Å². The van der Waals surface area contributed by atoms with E-state index in [1.165, 1.54) is 56.3 Å². The molecule has 0 aromatic heterocycles. The highest BCUT2D eigenvalue weighted by molar-refractivity contribution is 5.55. The van der Waals surface area contributed by atoms with E-state index in [2.05, 4.69) is 41.4 Å². The van der Waals surface area contributed by atoms with Gasteiger partial charge in [0.1, 0.15) is 0 Å². The van der Waals surface area contributed by atoms with Gasteiger partial charge in [-0.2, -0.15) is 0 Å². The maximum Gasteiger partial charge on any atom is 0.0414 e. The summed E-state index contributed by atoms with van der Waals surface area (Å²) in [7, 11) is 0. The smallest absolute Gasteiger partial charge is 0.0414 e. The lowest BCUT2D eigenvalue weighted by Crippen LogP contribution is -2.35. The molecule has 1 aliphatic heterocycles. The average molecular weight is 272 g/mol. The highest BCUT2D eigenvalue weighted by Crippen LogP contribution is 2.38.